The molecule has 6 aromatic heterocycles. The molecule has 14 nitrogen and oxygen atoms in total. The number of H-pyrrole nitrogens is 2. The molecule has 2 aromatic carbocycles. The van der Waals surface area contributed by atoms with Gasteiger partial charge in [0.2, 0.25) is 0 Å². The van der Waals surface area contributed by atoms with Crippen LogP contribution in [0.2, 0.25) is 0 Å². The van der Waals surface area contributed by atoms with Crippen LogP contribution in [0.25, 0.3) is 43.9 Å². The van der Waals surface area contributed by atoms with E-state index in [0.29, 0.717) is 35.1 Å². The van der Waals surface area contributed by atoms with Crippen LogP contribution in [0.5, 0.6) is 0 Å². The molecule has 2 aliphatic carbocycles. The van der Waals surface area contributed by atoms with E-state index in [1.165, 1.54) is 37.4 Å². The lowest BCUT2D eigenvalue weighted by molar-refractivity contribution is 0.0950. The summed E-state index contributed by atoms with van der Waals surface area (Å²) < 4.78 is 27.7. The van der Waals surface area contributed by atoms with Crippen molar-refractivity contribution in [1.82, 2.24) is 50.5 Å². The number of amides is 2. The van der Waals surface area contributed by atoms with Crippen molar-refractivity contribution in [2.24, 2.45) is 23.3 Å². The lowest BCUT2D eigenvalue weighted by atomic mass is 9.73. The van der Waals surface area contributed by atoms with E-state index >= 15 is 0 Å². The van der Waals surface area contributed by atoms with Crippen LogP contribution in [0, 0.1) is 23.5 Å². The van der Waals surface area contributed by atoms with Crippen LogP contribution in [0.15, 0.2) is 85.5 Å². The van der Waals surface area contributed by atoms with E-state index in [-0.39, 0.29) is 35.3 Å². The molecule has 0 spiro atoms. The zero-order chi connectivity index (χ0) is 48.5. The molecule has 0 radical (unpaired) electrons. The summed E-state index contributed by atoms with van der Waals surface area (Å²) in [7, 11) is 6.18. The molecule has 2 amide bonds. The Morgan fingerprint density at radius 2 is 0.941 bits per heavy atom. The van der Waals surface area contributed by atoms with E-state index in [1.807, 2.05) is 24.5 Å². The van der Waals surface area contributed by atoms with E-state index < -0.39 is 0 Å². The predicted molar refractivity (Wildman–Crippen MR) is 264 cm³/mol. The van der Waals surface area contributed by atoms with Crippen molar-refractivity contribution < 1.29 is 18.4 Å². The molecule has 0 aliphatic heterocycles. The third-order valence-corrected chi connectivity index (χ3v) is 13.9. The number of nitrogens with two attached hydrogens (primary N) is 2. The first-order valence-corrected chi connectivity index (χ1v) is 23.5. The maximum atomic E-state index is 13.9. The van der Waals surface area contributed by atoms with E-state index in [9.17, 15) is 18.4 Å². The number of carbonyl (C=O) groups is 2. The van der Waals surface area contributed by atoms with Crippen molar-refractivity contribution in [1.29, 1.82) is 0 Å². The van der Waals surface area contributed by atoms with Crippen LogP contribution in [-0.2, 0) is 0 Å². The monoisotopic (exact) mass is 925 g/mol. The minimum Gasteiger partial charge on any atom is -0.354 e. The lowest BCUT2D eigenvalue weighted by Gasteiger charge is -2.32. The summed E-state index contributed by atoms with van der Waals surface area (Å²) >= 11 is 0. The fourth-order valence-electron chi connectivity index (χ4n) is 10.1. The normalized spacial score (nSPS) is 18.9. The first-order chi connectivity index (χ1) is 33.1. The Morgan fingerprint density at radius 1 is 0.559 bits per heavy atom. The average molecular weight is 925 g/mol. The highest BCUT2D eigenvalue weighted by atomic mass is 19.1. The number of imidazole rings is 2. The first-order valence-electron chi connectivity index (χ1n) is 23.5. The van der Waals surface area contributed by atoms with Gasteiger partial charge in [0.15, 0.2) is 0 Å². The van der Waals surface area contributed by atoms with Gasteiger partial charge in [0.05, 0.1) is 45.5 Å². The van der Waals surface area contributed by atoms with Crippen LogP contribution in [-0.4, -0.2) is 79.9 Å². The third kappa shape index (κ3) is 10.7. The number of aromatic amines is 2. The summed E-state index contributed by atoms with van der Waals surface area (Å²) in [5.74, 6) is 3.44. The first kappa shape index (κ1) is 49.1. The molecule has 16 heteroatoms. The SMILES string of the molecule is CN.CN.CNC(=O)c1cc2nc([C@@H](C)C3CCC(c4ccnc5ccc(F)cc45)CC3)[nH]c2cn1.CNC(=O)c1cc2nc([C@H](C)C3CCC(c4ccnc5ccc(F)cc45)CC3)[nH]c2cn1. The topological polar surface area (TPSA) is 219 Å². The number of benzene rings is 2. The van der Waals surface area contributed by atoms with Crippen molar-refractivity contribution in [3.05, 3.63) is 131 Å². The minimum atomic E-state index is -0.216. The summed E-state index contributed by atoms with van der Waals surface area (Å²) in [5, 5.41) is 7.05. The molecule has 2 aliphatic rings. The van der Waals surface area contributed by atoms with E-state index in [4.69, 9.17) is 9.97 Å². The predicted octanol–water partition coefficient (Wildman–Crippen LogP) is 9.31. The Labute approximate surface area is 395 Å². The van der Waals surface area contributed by atoms with Crippen LogP contribution < -0.4 is 22.1 Å². The summed E-state index contributed by atoms with van der Waals surface area (Å²) in [6.07, 6.45) is 15.6. The molecule has 2 saturated carbocycles. The Morgan fingerprint density at radius 3 is 1.31 bits per heavy atom. The van der Waals surface area contributed by atoms with Gasteiger partial charge in [0.1, 0.15) is 34.7 Å². The molecule has 8 N–H and O–H groups in total. The zero-order valence-corrected chi connectivity index (χ0v) is 39.6. The molecule has 2 fully saturated rings. The quantitative estimate of drug-likeness (QED) is 0.0848. The van der Waals surface area contributed by atoms with Gasteiger partial charge in [-0.15, -0.1) is 0 Å². The molecule has 356 valence electrons. The average Bonchev–Trinajstić information content (AvgIpc) is 4.03. The summed E-state index contributed by atoms with van der Waals surface area (Å²) in [5.41, 5.74) is 17.1. The number of rotatable bonds is 8. The molecule has 6 heterocycles. The maximum absolute atomic E-state index is 13.9. The maximum Gasteiger partial charge on any atom is 0.269 e. The van der Waals surface area contributed by atoms with Gasteiger partial charge in [-0.1, -0.05) is 13.8 Å². The number of nitrogens with one attached hydrogen (secondary N) is 4. The van der Waals surface area contributed by atoms with Gasteiger partial charge in [0.25, 0.3) is 11.8 Å². The summed E-state index contributed by atoms with van der Waals surface area (Å²) in [6.45, 7) is 4.43. The molecule has 2 atom stereocenters. The van der Waals surface area contributed by atoms with Gasteiger partial charge in [-0.05, 0) is 161 Å². The van der Waals surface area contributed by atoms with Crippen molar-refractivity contribution >= 4 is 55.7 Å². The fourth-order valence-corrected chi connectivity index (χ4v) is 10.1. The van der Waals surface area contributed by atoms with Crippen LogP contribution >= 0.6 is 0 Å². The number of halogens is 2. The second kappa shape index (κ2) is 22.3. The molecule has 10 rings (SSSR count). The van der Waals surface area contributed by atoms with Gasteiger partial charge in [-0.25, -0.2) is 28.7 Å². The van der Waals surface area contributed by atoms with Gasteiger partial charge in [-0.2, -0.15) is 0 Å². The van der Waals surface area contributed by atoms with Crippen LogP contribution in [0.1, 0.15) is 133 Å². The molecule has 0 saturated heterocycles. The third-order valence-electron chi connectivity index (χ3n) is 13.9. The highest BCUT2D eigenvalue weighted by Gasteiger charge is 2.31. The fraction of sp³-hybridized carbons (Fsp3) is 0.385. The van der Waals surface area contributed by atoms with Gasteiger partial charge < -0.3 is 32.1 Å². The zero-order valence-electron chi connectivity index (χ0n) is 39.6. The Balaban J connectivity index is 0.000000188. The summed E-state index contributed by atoms with van der Waals surface area (Å²) in [6, 6.07) is 17.2. The standard InChI is InChI=1S/2C25H26FN5O.2CH5N/c2*1-14(24-30-21-12-22(25(32)27-2)29-13-23(21)31-24)15-3-5-16(6-4-15)18-9-10-28-20-8-7-17(26)11-19(18)20;2*1-2/h2*7-16H,3-6H2,1-2H3,(H,27,32)(H,30,31);2*2H2,1H3/t2*14-,15?,16?;;/m10../s1. The number of aromatic nitrogens is 8. The molecule has 68 heavy (non-hydrogen) atoms. The molecule has 0 unspecified atom stereocenters. The number of fused-ring (bicyclic) bond motifs is 4. The Kier molecular flexibility index (Phi) is 16.1. The second-order valence-electron chi connectivity index (χ2n) is 17.5. The number of hydrogen-bond donors (Lipinski definition) is 6. The van der Waals surface area contributed by atoms with Crippen molar-refractivity contribution in [3.63, 3.8) is 0 Å². The van der Waals surface area contributed by atoms with Crippen LogP contribution in [0.4, 0.5) is 8.78 Å². The lowest BCUT2D eigenvalue weighted by Crippen LogP contribution is -2.19. The largest absolute Gasteiger partial charge is 0.354 e. The van der Waals surface area contributed by atoms with Crippen molar-refractivity contribution in [3.8, 4) is 0 Å². The molecular formula is C52H62F2N12O2. The highest BCUT2D eigenvalue weighted by Crippen LogP contribution is 2.44. The summed E-state index contributed by atoms with van der Waals surface area (Å²) in [4.78, 5) is 57.3. The minimum absolute atomic E-state index is 0.215. The second-order valence-corrected chi connectivity index (χ2v) is 17.5. The smallest absolute Gasteiger partial charge is 0.269 e. The molecule has 0 bridgehead atoms. The van der Waals surface area contributed by atoms with Crippen molar-refractivity contribution in [2.75, 3.05) is 28.2 Å². The molecular weight excluding hydrogens is 863 g/mol. The van der Waals surface area contributed by atoms with Crippen LogP contribution in [0.3, 0.4) is 0 Å². The van der Waals surface area contributed by atoms with Crippen molar-refractivity contribution in [2.45, 2.75) is 88.9 Å². The number of hydrogen-bond acceptors (Lipinski definition) is 10. The molecule has 8 aromatic rings. The van der Waals surface area contributed by atoms with Gasteiger partial charge in [-0.3, -0.25) is 19.6 Å². The highest BCUT2D eigenvalue weighted by molar-refractivity contribution is 5.95. The van der Waals surface area contributed by atoms with E-state index in [1.54, 1.807) is 62.9 Å². The Bertz CT molecular complexity index is 2790. The van der Waals surface area contributed by atoms with Gasteiger partial charge >= 0.3 is 0 Å². The number of nitrogens with zero attached hydrogens (tertiary/aromatic N) is 6. The number of carbonyl (C=O) groups excluding carboxylic acids is 2. The Hall–Kier alpha value is -6.78. The van der Waals surface area contributed by atoms with Gasteiger partial charge in [0, 0.05) is 49.1 Å². The van der Waals surface area contributed by atoms with E-state index in [0.717, 1.165) is 107 Å². The van der Waals surface area contributed by atoms with E-state index in [2.05, 4.69) is 65.9 Å². The number of pyridine rings is 4.